The zero-order valence-corrected chi connectivity index (χ0v) is 20.3. The lowest BCUT2D eigenvalue weighted by atomic mass is 9.93. The molecule has 3 unspecified atom stereocenters. The summed E-state index contributed by atoms with van der Waals surface area (Å²) in [5.74, 6) is 0.640. The van der Waals surface area contributed by atoms with Crippen LogP contribution >= 0.6 is 0 Å². The van der Waals surface area contributed by atoms with Crippen molar-refractivity contribution in [3.05, 3.63) is 53.6 Å². The van der Waals surface area contributed by atoms with Gasteiger partial charge in [0.2, 0.25) is 0 Å². The summed E-state index contributed by atoms with van der Waals surface area (Å²) in [6.45, 7) is 2.95. The van der Waals surface area contributed by atoms with Gasteiger partial charge in [0.25, 0.3) is 0 Å². The molecule has 3 atom stereocenters. The molecule has 1 amide bonds. The number of ether oxygens (including phenoxy) is 2. The van der Waals surface area contributed by atoms with Gasteiger partial charge in [0.05, 0.1) is 12.8 Å². The lowest BCUT2D eigenvalue weighted by Crippen LogP contribution is -2.45. The van der Waals surface area contributed by atoms with Gasteiger partial charge in [-0.1, -0.05) is 24.6 Å². The number of hydrogen-bond acceptors (Lipinski definition) is 5. The molecule has 33 heavy (non-hydrogen) atoms. The van der Waals surface area contributed by atoms with Gasteiger partial charge in [0, 0.05) is 46.3 Å². The lowest BCUT2D eigenvalue weighted by molar-refractivity contribution is 0.0586. The molecule has 4 rings (SSSR count). The molecule has 2 fully saturated rings. The molecule has 0 aromatic heterocycles. The Kier molecular flexibility index (Phi) is 7.43. The van der Waals surface area contributed by atoms with E-state index < -0.39 is 6.09 Å². The Bertz CT molecular complexity index is 951. The summed E-state index contributed by atoms with van der Waals surface area (Å²) in [4.78, 5) is 17.5. The molecular weight excluding hydrogens is 414 g/mol. The number of carbonyl (C=O) groups is 1. The molecule has 0 radical (unpaired) electrons. The lowest BCUT2D eigenvalue weighted by Gasteiger charge is -2.41. The molecule has 2 aromatic carbocycles. The average Bonchev–Trinajstić information content (AvgIpc) is 2.87. The maximum Gasteiger partial charge on any atom is 0.412 e. The molecule has 0 spiro atoms. The van der Waals surface area contributed by atoms with Crippen LogP contribution in [0.25, 0.3) is 0 Å². The molecular formula is C27H39N3O3. The highest BCUT2D eigenvalue weighted by Gasteiger charge is 2.36. The summed E-state index contributed by atoms with van der Waals surface area (Å²) in [5.41, 5.74) is 4.28. The van der Waals surface area contributed by atoms with E-state index in [4.69, 9.17) is 9.47 Å². The molecule has 0 aliphatic carbocycles. The highest BCUT2D eigenvalue weighted by molar-refractivity contribution is 5.87. The molecule has 2 aliphatic rings. The number of piperidine rings is 1. The Balaban J connectivity index is 0.00000324. The second-order valence-corrected chi connectivity index (χ2v) is 9.64. The number of aryl methyl sites for hydroxylation is 1. The number of anilines is 2. The largest absolute Gasteiger partial charge is 0.495 e. The van der Waals surface area contributed by atoms with Gasteiger partial charge < -0.3 is 14.4 Å². The van der Waals surface area contributed by atoms with Gasteiger partial charge in [0.15, 0.2) is 0 Å². The molecule has 2 aromatic rings. The van der Waals surface area contributed by atoms with Crippen molar-refractivity contribution in [3.63, 3.8) is 0 Å². The van der Waals surface area contributed by atoms with Crippen LogP contribution in [0.15, 0.2) is 42.5 Å². The maximum atomic E-state index is 12.7. The summed E-state index contributed by atoms with van der Waals surface area (Å²) < 4.78 is 11.3. The van der Waals surface area contributed by atoms with Crippen molar-refractivity contribution < 1.29 is 15.7 Å². The van der Waals surface area contributed by atoms with Crippen molar-refractivity contribution in [2.24, 2.45) is 0 Å². The molecule has 2 aliphatic heterocycles. The van der Waals surface area contributed by atoms with E-state index in [0.29, 0.717) is 23.5 Å². The summed E-state index contributed by atoms with van der Waals surface area (Å²) in [7, 11) is 5.74. The Labute approximate surface area is 199 Å². The van der Waals surface area contributed by atoms with Gasteiger partial charge in [-0.25, -0.2) is 4.79 Å². The van der Waals surface area contributed by atoms with Gasteiger partial charge >= 0.3 is 6.09 Å². The van der Waals surface area contributed by atoms with E-state index in [-0.39, 0.29) is 7.53 Å². The van der Waals surface area contributed by atoms with Gasteiger partial charge in [-0.15, -0.1) is 0 Å². The van der Waals surface area contributed by atoms with Crippen molar-refractivity contribution in [3.8, 4) is 5.75 Å². The Morgan fingerprint density at radius 1 is 1.09 bits per heavy atom. The number of nitrogens with one attached hydrogen (secondary N) is 1. The van der Waals surface area contributed by atoms with E-state index in [1.165, 1.54) is 30.5 Å². The second kappa shape index (κ2) is 10.5. The molecule has 1 N–H and O–H groups in total. The van der Waals surface area contributed by atoms with Crippen LogP contribution in [-0.2, 0) is 11.3 Å². The third kappa shape index (κ3) is 5.80. The van der Waals surface area contributed by atoms with Crippen molar-refractivity contribution in [1.29, 1.82) is 0 Å². The number of hydrogen-bond donors (Lipinski definition) is 1. The number of amides is 1. The van der Waals surface area contributed by atoms with E-state index in [1.54, 1.807) is 7.11 Å². The predicted molar refractivity (Wildman–Crippen MR) is 135 cm³/mol. The topological polar surface area (TPSA) is 54.0 Å². The number of benzene rings is 2. The number of methoxy groups -OCH3 is 1. The number of fused-ring (bicyclic) bond motifs is 2. The first-order valence-corrected chi connectivity index (χ1v) is 12.1. The van der Waals surface area contributed by atoms with Gasteiger partial charge in [-0.2, -0.15) is 0 Å². The van der Waals surface area contributed by atoms with Gasteiger partial charge in [0.1, 0.15) is 11.9 Å². The van der Waals surface area contributed by atoms with E-state index in [2.05, 4.69) is 53.5 Å². The standard InChI is InChI=1S/C27H37N3O3.H2/c1-19-8-15-26(32-4)25(16-19)28-27(31)33-24-14-13-22-6-5-7-23(17-24)30(22)18-20-9-11-21(12-10-20)29(2)3;/h8-12,15-16,22-24H,5-7,13-14,17-18H2,1-4H3,(H,28,31);1H. The minimum atomic E-state index is -0.397. The number of rotatable bonds is 6. The van der Waals surface area contributed by atoms with Gasteiger partial charge in [-0.05, 0) is 68.0 Å². The molecule has 0 saturated carbocycles. The molecule has 6 heteroatoms. The van der Waals surface area contributed by atoms with Crippen molar-refractivity contribution in [2.75, 3.05) is 31.4 Å². The van der Waals surface area contributed by atoms with Crippen LogP contribution in [0, 0.1) is 6.92 Å². The summed E-state index contributed by atoms with van der Waals surface area (Å²) in [6.07, 6.45) is 6.06. The van der Waals surface area contributed by atoms with Crippen molar-refractivity contribution in [1.82, 2.24) is 4.90 Å². The second-order valence-electron chi connectivity index (χ2n) is 9.64. The molecule has 2 bridgehead atoms. The predicted octanol–water partition coefficient (Wildman–Crippen LogP) is 5.84. The highest BCUT2D eigenvalue weighted by atomic mass is 16.6. The SMILES string of the molecule is COc1ccc(C)cc1NC(=O)OC1CCC2CCCC(C1)N2Cc1ccc(N(C)C)cc1.[HH]. The van der Waals surface area contributed by atoms with Crippen LogP contribution in [0.4, 0.5) is 16.2 Å². The molecule has 2 heterocycles. The maximum absolute atomic E-state index is 12.7. The molecule has 180 valence electrons. The minimum absolute atomic E-state index is 0. The van der Waals surface area contributed by atoms with Crippen LogP contribution in [0.3, 0.4) is 0 Å². The monoisotopic (exact) mass is 453 g/mol. The van der Waals surface area contributed by atoms with Crippen LogP contribution in [0.1, 0.15) is 51.1 Å². The van der Waals surface area contributed by atoms with Crippen LogP contribution in [0.5, 0.6) is 5.75 Å². The molecule has 2 saturated heterocycles. The first-order valence-electron chi connectivity index (χ1n) is 12.1. The smallest absolute Gasteiger partial charge is 0.412 e. The Morgan fingerprint density at radius 2 is 1.85 bits per heavy atom. The normalized spacial score (nSPS) is 22.8. The zero-order valence-electron chi connectivity index (χ0n) is 20.3. The third-order valence-electron chi connectivity index (χ3n) is 7.05. The Hall–Kier alpha value is -2.73. The zero-order chi connectivity index (χ0) is 23.4. The van der Waals surface area contributed by atoms with Crippen LogP contribution in [0.2, 0.25) is 0 Å². The van der Waals surface area contributed by atoms with Crippen LogP contribution in [-0.4, -0.2) is 50.4 Å². The fraction of sp³-hybridized carbons (Fsp3) is 0.519. The van der Waals surface area contributed by atoms with E-state index in [1.807, 2.05) is 25.1 Å². The van der Waals surface area contributed by atoms with Gasteiger partial charge in [-0.3, -0.25) is 10.2 Å². The summed E-state index contributed by atoms with van der Waals surface area (Å²) in [6, 6.07) is 15.6. The van der Waals surface area contributed by atoms with E-state index in [9.17, 15) is 4.79 Å². The quantitative estimate of drug-likeness (QED) is 0.595. The first kappa shape index (κ1) is 23.4. The van der Waals surface area contributed by atoms with Crippen LogP contribution < -0.4 is 15.0 Å². The number of carbonyl (C=O) groups excluding carboxylic acids is 1. The summed E-state index contributed by atoms with van der Waals surface area (Å²) >= 11 is 0. The van der Waals surface area contributed by atoms with Crippen molar-refractivity contribution in [2.45, 2.75) is 70.2 Å². The Morgan fingerprint density at radius 3 is 2.58 bits per heavy atom. The first-order chi connectivity index (χ1) is 15.9. The van der Waals surface area contributed by atoms with E-state index in [0.717, 1.165) is 31.4 Å². The van der Waals surface area contributed by atoms with Crippen molar-refractivity contribution >= 4 is 17.5 Å². The third-order valence-corrected chi connectivity index (χ3v) is 7.05. The van der Waals surface area contributed by atoms with E-state index >= 15 is 0 Å². The average molecular weight is 454 g/mol. The number of nitrogens with zero attached hydrogens (tertiary/aromatic N) is 2. The summed E-state index contributed by atoms with van der Waals surface area (Å²) in [5, 5.41) is 2.89. The molecule has 6 nitrogen and oxygen atoms in total. The highest BCUT2D eigenvalue weighted by Crippen LogP contribution is 2.35. The minimum Gasteiger partial charge on any atom is -0.495 e. The fourth-order valence-electron chi connectivity index (χ4n) is 5.27. The fourth-order valence-corrected chi connectivity index (χ4v) is 5.27.